The number of carboxylic acid groups (broad SMARTS) is 1. The summed E-state index contributed by atoms with van der Waals surface area (Å²) in [5, 5.41) is 13.7. The number of rotatable bonds is 9. The molecule has 0 saturated carbocycles. The van der Waals surface area contributed by atoms with Crippen LogP contribution in [-0.2, 0) is 20.6 Å². The first-order chi connectivity index (χ1) is 17.9. The van der Waals surface area contributed by atoms with Crippen LogP contribution in [0.3, 0.4) is 0 Å². The van der Waals surface area contributed by atoms with Gasteiger partial charge in [0.1, 0.15) is 11.7 Å². The van der Waals surface area contributed by atoms with Crippen LogP contribution in [0.25, 0.3) is 17.2 Å². The molecule has 0 bridgehead atoms. The number of carboxylic acids is 1. The zero-order chi connectivity index (χ0) is 27.9. The van der Waals surface area contributed by atoms with E-state index in [0.29, 0.717) is 17.7 Å². The summed E-state index contributed by atoms with van der Waals surface area (Å²) in [6.45, 7) is 0. The van der Waals surface area contributed by atoms with Crippen molar-refractivity contribution in [3.63, 3.8) is 0 Å². The van der Waals surface area contributed by atoms with E-state index in [0.717, 1.165) is 23.3 Å². The quantitative estimate of drug-likeness (QED) is 0.316. The zero-order valence-electron chi connectivity index (χ0n) is 19.7. The second-order valence-corrected chi connectivity index (χ2v) is 8.11. The lowest BCUT2D eigenvalue weighted by molar-refractivity contribution is -0.142. The molecule has 0 spiro atoms. The molecule has 0 heterocycles. The smallest absolute Gasteiger partial charge is 0.416 e. The third-order valence-electron chi connectivity index (χ3n) is 5.30. The van der Waals surface area contributed by atoms with Gasteiger partial charge >= 0.3 is 12.1 Å². The maximum Gasteiger partial charge on any atom is 0.416 e. The van der Waals surface area contributed by atoms with E-state index in [-0.39, 0.29) is 5.56 Å². The molecule has 5 N–H and O–H groups in total. The Morgan fingerprint density at radius 3 is 1.97 bits per heavy atom. The summed E-state index contributed by atoms with van der Waals surface area (Å²) >= 11 is 0. The van der Waals surface area contributed by atoms with Gasteiger partial charge in [-0.15, -0.1) is 0 Å². The van der Waals surface area contributed by atoms with Crippen LogP contribution in [-0.4, -0.2) is 34.8 Å². The van der Waals surface area contributed by atoms with Crippen LogP contribution < -0.4 is 16.4 Å². The minimum absolute atomic E-state index is 0.178. The highest BCUT2D eigenvalue weighted by molar-refractivity contribution is 6.06. The number of hydrogen-bond acceptors (Lipinski definition) is 4. The third kappa shape index (κ3) is 7.53. The molecule has 0 aliphatic carbocycles. The molecule has 3 aromatic carbocycles. The Balaban J connectivity index is 1.90. The number of carbonyl (C=O) groups is 4. The highest BCUT2D eigenvalue weighted by atomic mass is 19.4. The molecule has 3 aromatic rings. The average molecular weight is 525 g/mol. The molecule has 3 amide bonds. The summed E-state index contributed by atoms with van der Waals surface area (Å²) < 4.78 is 38.5. The molecule has 0 fully saturated rings. The lowest BCUT2D eigenvalue weighted by atomic mass is 10.0. The van der Waals surface area contributed by atoms with Gasteiger partial charge in [0.25, 0.3) is 11.8 Å². The second kappa shape index (κ2) is 11.9. The number of hydrogen-bond donors (Lipinski definition) is 4. The van der Waals surface area contributed by atoms with Crippen LogP contribution in [0.1, 0.15) is 27.9 Å². The van der Waals surface area contributed by atoms with Gasteiger partial charge in [0, 0.05) is 5.56 Å². The van der Waals surface area contributed by atoms with Gasteiger partial charge in [0.2, 0.25) is 5.91 Å². The molecule has 0 aliphatic rings. The van der Waals surface area contributed by atoms with Crippen molar-refractivity contribution in [2.75, 3.05) is 0 Å². The molecule has 0 aromatic heterocycles. The van der Waals surface area contributed by atoms with E-state index in [9.17, 15) is 37.5 Å². The van der Waals surface area contributed by atoms with Crippen molar-refractivity contribution in [3.8, 4) is 11.1 Å². The molecule has 196 valence electrons. The second-order valence-electron chi connectivity index (χ2n) is 8.11. The van der Waals surface area contributed by atoms with Crippen molar-refractivity contribution >= 4 is 29.8 Å². The fraction of sp³-hybridized carbons (Fsp3) is 0.111. The fourth-order valence-electron chi connectivity index (χ4n) is 3.37. The Labute approximate surface area is 215 Å². The van der Waals surface area contributed by atoms with Gasteiger partial charge < -0.3 is 21.5 Å². The van der Waals surface area contributed by atoms with E-state index in [4.69, 9.17) is 5.73 Å². The number of nitrogens with one attached hydrogen (secondary N) is 2. The Morgan fingerprint density at radius 1 is 0.868 bits per heavy atom. The average Bonchev–Trinajstić information content (AvgIpc) is 2.88. The first-order valence-corrected chi connectivity index (χ1v) is 11.1. The summed E-state index contributed by atoms with van der Waals surface area (Å²) in [5.74, 6) is -4.47. The number of carbonyl (C=O) groups excluding carboxylic acids is 3. The Hall–Kier alpha value is -4.93. The predicted molar refractivity (Wildman–Crippen MR) is 132 cm³/mol. The normalized spacial score (nSPS) is 12.3. The van der Waals surface area contributed by atoms with Crippen LogP contribution in [0.15, 0.2) is 84.6 Å². The Morgan fingerprint density at radius 2 is 1.45 bits per heavy atom. The number of benzene rings is 3. The molecule has 0 aliphatic heterocycles. The molecule has 0 saturated heterocycles. The van der Waals surface area contributed by atoms with Crippen LogP contribution in [0.4, 0.5) is 13.2 Å². The molecule has 1 atom stereocenters. The van der Waals surface area contributed by atoms with Gasteiger partial charge in [-0.1, -0.05) is 54.6 Å². The summed E-state index contributed by atoms with van der Waals surface area (Å²) in [4.78, 5) is 48.3. The number of halogens is 3. The van der Waals surface area contributed by atoms with E-state index >= 15 is 0 Å². The van der Waals surface area contributed by atoms with Crippen molar-refractivity contribution < 1.29 is 37.5 Å². The molecule has 38 heavy (non-hydrogen) atoms. The van der Waals surface area contributed by atoms with Gasteiger partial charge in [-0.05, 0) is 47.0 Å². The lowest BCUT2D eigenvalue weighted by Crippen LogP contribution is -2.46. The number of aliphatic carboxylic acids is 1. The van der Waals surface area contributed by atoms with Crippen LogP contribution in [0.2, 0.25) is 0 Å². The molecule has 8 nitrogen and oxygen atoms in total. The number of amides is 3. The molecular weight excluding hydrogens is 503 g/mol. The Bertz CT molecular complexity index is 1350. The van der Waals surface area contributed by atoms with Gasteiger partial charge in [-0.25, -0.2) is 4.79 Å². The predicted octanol–water partition coefficient (Wildman–Crippen LogP) is 3.59. The van der Waals surface area contributed by atoms with Crippen LogP contribution in [0, 0.1) is 0 Å². The van der Waals surface area contributed by atoms with Crippen molar-refractivity contribution in [2.24, 2.45) is 5.73 Å². The molecule has 0 unspecified atom stereocenters. The molecule has 3 rings (SSSR count). The minimum Gasteiger partial charge on any atom is -0.480 e. The van der Waals surface area contributed by atoms with Crippen LogP contribution >= 0.6 is 0 Å². The molecular formula is C27H22F3N3O5. The third-order valence-corrected chi connectivity index (χ3v) is 5.30. The topological polar surface area (TPSA) is 139 Å². The van der Waals surface area contributed by atoms with Gasteiger partial charge in [0.05, 0.1) is 12.0 Å². The van der Waals surface area contributed by atoms with Crippen molar-refractivity contribution in [1.82, 2.24) is 10.6 Å². The Kier molecular flexibility index (Phi) is 8.64. The summed E-state index contributed by atoms with van der Waals surface area (Å²) in [6.07, 6.45) is -4.04. The van der Waals surface area contributed by atoms with Crippen molar-refractivity contribution in [2.45, 2.75) is 18.6 Å². The maximum absolute atomic E-state index is 12.9. The SMILES string of the molecule is NC(=O)C[C@@H](NC(=O)C(=Cc1ccc(-c2ccccc2)cc1)NC(=O)c1ccc(C(F)(F)F)cc1)C(=O)O. The van der Waals surface area contributed by atoms with E-state index in [1.165, 1.54) is 6.08 Å². The van der Waals surface area contributed by atoms with Crippen molar-refractivity contribution in [3.05, 3.63) is 101 Å². The van der Waals surface area contributed by atoms with Gasteiger partial charge in [-0.3, -0.25) is 14.4 Å². The van der Waals surface area contributed by atoms with E-state index in [1.54, 1.807) is 24.3 Å². The number of primary amides is 1. The molecule has 0 radical (unpaired) electrons. The lowest BCUT2D eigenvalue weighted by Gasteiger charge is -2.16. The zero-order valence-corrected chi connectivity index (χ0v) is 19.7. The first kappa shape index (κ1) is 27.7. The van der Waals surface area contributed by atoms with E-state index in [1.807, 2.05) is 30.3 Å². The first-order valence-electron chi connectivity index (χ1n) is 11.1. The molecule has 11 heteroatoms. The largest absolute Gasteiger partial charge is 0.480 e. The number of nitrogens with two attached hydrogens (primary N) is 1. The number of alkyl halides is 3. The summed E-state index contributed by atoms with van der Waals surface area (Å²) in [5.41, 5.74) is 5.76. The highest BCUT2D eigenvalue weighted by Gasteiger charge is 2.30. The van der Waals surface area contributed by atoms with E-state index in [2.05, 4.69) is 10.6 Å². The standard InChI is InChI=1S/C27H22F3N3O5/c28-27(29,30)20-12-10-19(11-13-20)24(35)32-21(25(36)33-22(26(37)38)15-23(31)34)14-16-6-8-18(9-7-16)17-4-2-1-3-5-17/h1-14,22H,15H2,(H2,31,34)(H,32,35)(H,33,36)(H,37,38)/t22-/m1/s1. The van der Waals surface area contributed by atoms with Crippen LogP contribution in [0.5, 0.6) is 0 Å². The monoisotopic (exact) mass is 525 g/mol. The maximum atomic E-state index is 12.9. The highest BCUT2D eigenvalue weighted by Crippen LogP contribution is 2.29. The summed E-state index contributed by atoms with van der Waals surface area (Å²) in [6, 6.07) is 17.9. The van der Waals surface area contributed by atoms with Gasteiger partial charge in [-0.2, -0.15) is 13.2 Å². The fourth-order valence-corrected chi connectivity index (χ4v) is 3.37. The van der Waals surface area contributed by atoms with E-state index < -0.39 is 53.6 Å². The summed E-state index contributed by atoms with van der Waals surface area (Å²) in [7, 11) is 0. The van der Waals surface area contributed by atoms with Crippen molar-refractivity contribution in [1.29, 1.82) is 0 Å². The minimum atomic E-state index is -4.60. The van der Waals surface area contributed by atoms with Gasteiger partial charge in [0.15, 0.2) is 0 Å².